The van der Waals surface area contributed by atoms with Gasteiger partial charge in [-0.2, -0.15) is 0 Å². The minimum absolute atomic E-state index is 0.00179. The van der Waals surface area contributed by atoms with Gasteiger partial charge in [-0.25, -0.2) is 4.79 Å². The lowest BCUT2D eigenvalue weighted by Crippen LogP contribution is -2.10. The summed E-state index contributed by atoms with van der Waals surface area (Å²) >= 11 is 0. The smallest absolute Gasteiger partial charge is 0.340 e. The zero-order valence-corrected chi connectivity index (χ0v) is 14.0. The number of nitrogens with zero attached hydrogens (tertiary/aromatic N) is 4. The topological polar surface area (TPSA) is 99.6 Å². The van der Waals surface area contributed by atoms with Crippen molar-refractivity contribution in [2.24, 2.45) is 0 Å². The quantitative estimate of drug-likeness (QED) is 0.411. The van der Waals surface area contributed by atoms with Crippen LogP contribution in [0.5, 0.6) is 0 Å². The molecule has 0 saturated heterocycles. The molecular formula is C17H16N4O4. The molecule has 0 N–H and O–H groups in total. The Morgan fingerprint density at radius 3 is 2.72 bits per heavy atom. The molecule has 0 radical (unpaired) electrons. The monoisotopic (exact) mass is 340 g/mol. The molecule has 25 heavy (non-hydrogen) atoms. The molecular weight excluding hydrogens is 324 g/mol. The second-order valence-corrected chi connectivity index (χ2v) is 5.74. The SMILES string of the molecule is Cc1ccc([C@H](C)OC(=O)c2ccc3nnc(C)n3c2)cc1[N+](=O)[O-]. The van der Waals surface area contributed by atoms with Gasteiger partial charge in [-0.3, -0.25) is 14.5 Å². The summed E-state index contributed by atoms with van der Waals surface area (Å²) < 4.78 is 7.14. The van der Waals surface area contributed by atoms with Gasteiger partial charge < -0.3 is 4.74 Å². The van der Waals surface area contributed by atoms with Crippen LogP contribution in [-0.4, -0.2) is 25.5 Å². The number of ether oxygens (including phenoxy) is 1. The summed E-state index contributed by atoms with van der Waals surface area (Å²) in [6.07, 6.45) is 0.988. The van der Waals surface area contributed by atoms with E-state index < -0.39 is 17.0 Å². The lowest BCUT2D eigenvalue weighted by molar-refractivity contribution is -0.385. The van der Waals surface area contributed by atoms with Crippen LogP contribution in [-0.2, 0) is 4.74 Å². The van der Waals surface area contributed by atoms with E-state index in [9.17, 15) is 14.9 Å². The molecule has 2 aromatic heterocycles. The molecule has 2 heterocycles. The maximum Gasteiger partial charge on any atom is 0.340 e. The van der Waals surface area contributed by atoms with Gasteiger partial charge in [-0.1, -0.05) is 12.1 Å². The van der Waals surface area contributed by atoms with Gasteiger partial charge in [0.25, 0.3) is 5.69 Å². The van der Waals surface area contributed by atoms with Gasteiger partial charge in [0.15, 0.2) is 5.65 Å². The predicted molar refractivity (Wildman–Crippen MR) is 89.4 cm³/mol. The van der Waals surface area contributed by atoms with Gasteiger partial charge >= 0.3 is 5.97 Å². The maximum atomic E-state index is 12.4. The minimum atomic E-state index is -0.621. The van der Waals surface area contributed by atoms with Crippen LogP contribution in [0.2, 0.25) is 0 Å². The first-order chi connectivity index (χ1) is 11.9. The number of carbonyl (C=O) groups excluding carboxylic acids is 1. The molecule has 128 valence electrons. The average molecular weight is 340 g/mol. The summed E-state index contributed by atoms with van der Waals surface area (Å²) in [5.74, 6) is 0.137. The third-order valence-electron chi connectivity index (χ3n) is 3.99. The van der Waals surface area contributed by atoms with Gasteiger partial charge in [0.05, 0.1) is 10.5 Å². The Kier molecular flexibility index (Phi) is 4.18. The van der Waals surface area contributed by atoms with E-state index in [0.29, 0.717) is 28.2 Å². The number of carbonyl (C=O) groups is 1. The Balaban J connectivity index is 1.83. The molecule has 1 aromatic carbocycles. The molecule has 3 rings (SSSR count). The fourth-order valence-electron chi connectivity index (χ4n) is 2.50. The molecule has 1 atom stereocenters. The van der Waals surface area contributed by atoms with Crippen molar-refractivity contribution < 1.29 is 14.5 Å². The number of nitro groups is 1. The van der Waals surface area contributed by atoms with Crippen LogP contribution in [0, 0.1) is 24.0 Å². The molecule has 0 aliphatic rings. The van der Waals surface area contributed by atoms with Gasteiger partial charge in [0.1, 0.15) is 11.9 Å². The van der Waals surface area contributed by atoms with E-state index in [1.165, 1.54) is 6.07 Å². The third-order valence-corrected chi connectivity index (χ3v) is 3.99. The molecule has 0 saturated carbocycles. The van der Waals surface area contributed by atoms with Gasteiger partial charge in [-0.05, 0) is 38.5 Å². The van der Waals surface area contributed by atoms with E-state index in [1.807, 2.05) is 0 Å². The van der Waals surface area contributed by atoms with Gasteiger partial charge in [-0.15, -0.1) is 10.2 Å². The van der Waals surface area contributed by atoms with E-state index in [4.69, 9.17) is 4.74 Å². The third kappa shape index (κ3) is 3.18. The van der Waals surface area contributed by atoms with Crippen LogP contribution in [0.3, 0.4) is 0 Å². The second-order valence-electron chi connectivity index (χ2n) is 5.74. The Morgan fingerprint density at radius 2 is 2.00 bits per heavy atom. The van der Waals surface area contributed by atoms with Gasteiger partial charge in [0.2, 0.25) is 0 Å². The van der Waals surface area contributed by atoms with Crippen LogP contribution in [0.1, 0.15) is 40.3 Å². The van der Waals surface area contributed by atoms with Gasteiger partial charge in [0, 0.05) is 17.8 Å². The molecule has 0 bridgehead atoms. The van der Waals surface area contributed by atoms with Crippen molar-refractivity contribution in [2.45, 2.75) is 26.9 Å². The van der Waals surface area contributed by atoms with E-state index in [1.54, 1.807) is 55.6 Å². The highest BCUT2D eigenvalue weighted by atomic mass is 16.6. The maximum absolute atomic E-state index is 12.4. The Labute approximate surface area is 143 Å². The normalized spacial score (nSPS) is 12.1. The van der Waals surface area contributed by atoms with Crippen LogP contribution in [0.25, 0.3) is 5.65 Å². The number of pyridine rings is 1. The molecule has 8 heteroatoms. The first-order valence-electron chi connectivity index (χ1n) is 7.64. The molecule has 0 spiro atoms. The fourth-order valence-corrected chi connectivity index (χ4v) is 2.50. The zero-order chi connectivity index (χ0) is 18.1. The minimum Gasteiger partial charge on any atom is -0.454 e. The highest BCUT2D eigenvalue weighted by molar-refractivity contribution is 5.89. The standard InChI is InChI=1S/C17H16N4O4/c1-10-4-5-13(8-15(10)21(23)24)11(2)25-17(22)14-6-7-16-19-18-12(3)20(16)9-14/h4-9,11H,1-3H3/t11-/m0/s1. The molecule has 0 aliphatic heterocycles. The van der Waals surface area contributed by atoms with Crippen molar-refractivity contribution in [2.75, 3.05) is 0 Å². The molecule has 0 amide bonds. The Hall–Kier alpha value is -3.29. The van der Waals surface area contributed by atoms with E-state index in [-0.39, 0.29) is 5.69 Å². The van der Waals surface area contributed by atoms with Crippen LogP contribution < -0.4 is 0 Å². The van der Waals surface area contributed by atoms with E-state index >= 15 is 0 Å². The number of fused-ring (bicyclic) bond motifs is 1. The van der Waals surface area contributed by atoms with Crippen LogP contribution in [0.15, 0.2) is 36.5 Å². The summed E-state index contributed by atoms with van der Waals surface area (Å²) in [7, 11) is 0. The average Bonchev–Trinajstić information content (AvgIpc) is 2.95. The first kappa shape index (κ1) is 16.6. The Bertz CT molecular complexity index is 980. The molecule has 0 aliphatic carbocycles. The second kappa shape index (κ2) is 6.31. The van der Waals surface area contributed by atoms with Crippen molar-refractivity contribution in [3.63, 3.8) is 0 Å². The predicted octanol–water partition coefficient (Wildman–Crippen LogP) is 3.17. The zero-order valence-electron chi connectivity index (χ0n) is 14.0. The fraction of sp³-hybridized carbons (Fsp3) is 0.235. The van der Waals surface area contributed by atoms with Crippen LogP contribution in [0.4, 0.5) is 5.69 Å². The first-order valence-corrected chi connectivity index (χ1v) is 7.64. The van der Waals surface area contributed by atoms with Crippen molar-refractivity contribution in [1.29, 1.82) is 0 Å². The highest BCUT2D eigenvalue weighted by Gasteiger charge is 2.18. The lowest BCUT2D eigenvalue weighted by Gasteiger charge is -2.14. The van der Waals surface area contributed by atoms with Crippen LogP contribution >= 0.6 is 0 Å². The largest absolute Gasteiger partial charge is 0.454 e. The number of aromatic nitrogens is 3. The number of nitro benzene ring substituents is 1. The number of hydrogen-bond donors (Lipinski definition) is 0. The summed E-state index contributed by atoms with van der Waals surface area (Å²) in [5.41, 5.74) is 2.11. The van der Waals surface area contributed by atoms with E-state index in [2.05, 4.69) is 10.2 Å². The summed E-state index contributed by atoms with van der Waals surface area (Å²) in [6.45, 7) is 5.12. The number of benzene rings is 1. The van der Waals surface area contributed by atoms with Crippen molar-refractivity contribution in [3.05, 3.63) is 69.2 Å². The van der Waals surface area contributed by atoms with Crippen molar-refractivity contribution in [3.8, 4) is 0 Å². The number of esters is 1. The molecule has 3 aromatic rings. The highest BCUT2D eigenvalue weighted by Crippen LogP contribution is 2.25. The van der Waals surface area contributed by atoms with Crippen molar-refractivity contribution >= 4 is 17.3 Å². The molecule has 0 fully saturated rings. The summed E-state index contributed by atoms with van der Waals surface area (Å²) in [5, 5.41) is 18.9. The Morgan fingerprint density at radius 1 is 1.24 bits per heavy atom. The molecule has 8 nitrogen and oxygen atoms in total. The summed E-state index contributed by atoms with van der Waals surface area (Å²) in [4.78, 5) is 23.0. The number of hydrogen-bond acceptors (Lipinski definition) is 6. The summed E-state index contributed by atoms with van der Waals surface area (Å²) in [6, 6.07) is 8.08. The lowest BCUT2D eigenvalue weighted by atomic mass is 10.1. The number of aryl methyl sites for hydroxylation is 2. The van der Waals surface area contributed by atoms with Crippen molar-refractivity contribution in [1.82, 2.24) is 14.6 Å². The van der Waals surface area contributed by atoms with E-state index in [0.717, 1.165) is 0 Å². The number of rotatable bonds is 4. The molecule has 0 unspecified atom stereocenters.